The summed E-state index contributed by atoms with van der Waals surface area (Å²) < 4.78 is 39.6. The van der Waals surface area contributed by atoms with E-state index in [2.05, 4.69) is 15.0 Å². The maximum atomic E-state index is 15.2. The number of ether oxygens (including phenoxy) is 1. The number of nitrogens with zero attached hydrogens (tertiary/aromatic N) is 2. The van der Waals surface area contributed by atoms with Crippen molar-refractivity contribution >= 4 is 29.6 Å². The number of carbonyl (C=O) groups is 1. The van der Waals surface area contributed by atoms with Crippen LogP contribution in [0.15, 0.2) is 59.3 Å². The van der Waals surface area contributed by atoms with Crippen LogP contribution in [0, 0.1) is 11.6 Å². The quantitative estimate of drug-likeness (QED) is 0.264. The van der Waals surface area contributed by atoms with Crippen LogP contribution in [0.5, 0.6) is 5.75 Å². The molecule has 0 radical (unpaired) electrons. The van der Waals surface area contributed by atoms with E-state index in [1.165, 1.54) is 31.0 Å². The summed E-state index contributed by atoms with van der Waals surface area (Å²) >= 11 is 1.31. The molecule has 6 nitrogen and oxygen atoms in total. The first-order valence-electron chi connectivity index (χ1n) is 13.1. The van der Waals surface area contributed by atoms with E-state index in [1.54, 1.807) is 18.2 Å². The molecule has 1 aliphatic heterocycles. The van der Waals surface area contributed by atoms with Crippen LogP contribution in [0.1, 0.15) is 58.7 Å². The van der Waals surface area contributed by atoms with Gasteiger partial charge in [0.1, 0.15) is 17.4 Å². The SMILES string of the molecule is CCCN(CCC)c1cc(F)c(-c2ccc3c(n2)C=C(Oc2ccc(C(C)(C)NC(C)=O)cc2)NS3)c(F)c1. The minimum atomic E-state index is -0.640. The van der Waals surface area contributed by atoms with Crippen LogP contribution in [0.2, 0.25) is 0 Å². The second-order valence-electron chi connectivity index (χ2n) is 10.00. The zero-order valence-corrected chi connectivity index (χ0v) is 23.7. The average Bonchev–Trinajstić information content (AvgIpc) is 2.87. The number of rotatable bonds is 10. The maximum absolute atomic E-state index is 15.2. The van der Waals surface area contributed by atoms with Crippen LogP contribution in [0.25, 0.3) is 17.3 Å². The number of amides is 1. The maximum Gasteiger partial charge on any atom is 0.217 e. The molecule has 0 saturated heterocycles. The van der Waals surface area contributed by atoms with E-state index in [0.29, 0.717) is 23.0 Å². The lowest BCUT2D eigenvalue weighted by Gasteiger charge is -2.26. The number of hydrogen-bond acceptors (Lipinski definition) is 6. The number of nitrogens with one attached hydrogen (secondary N) is 2. The monoisotopic (exact) mass is 552 g/mol. The minimum absolute atomic E-state index is 0.106. The highest BCUT2D eigenvalue weighted by Gasteiger charge is 2.22. The lowest BCUT2D eigenvalue weighted by Crippen LogP contribution is -2.39. The van der Waals surface area contributed by atoms with Gasteiger partial charge in [0.2, 0.25) is 11.8 Å². The summed E-state index contributed by atoms with van der Waals surface area (Å²) in [6, 6.07) is 13.6. The van der Waals surface area contributed by atoms with Crippen molar-refractivity contribution in [1.82, 2.24) is 15.0 Å². The molecule has 9 heteroatoms. The third-order valence-corrected chi connectivity index (χ3v) is 7.21. The summed E-state index contributed by atoms with van der Waals surface area (Å²) in [5.74, 6) is -0.354. The molecule has 4 rings (SSSR count). The lowest BCUT2D eigenvalue weighted by atomic mass is 9.94. The Bertz CT molecular complexity index is 1350. The molecular formula is C30H34F2N4O2S. The molecule has 0 unspecified atom stereocenters. The van der Waals surface area contributed by atoms with Gasteiger partial charge in [0, 0.05) is 31.8 Å². The van der Waals surface area contributed by atoms with Gasteiger partial charge in [-0.2, -0.15) is 0 Å². The predicted molar refractivity (Wildman–Crippen MR) is 153 cm³/mol. The van der Waals surface area contributed by atoms with E-state index in [1.807, 2.05) is 56.9 Å². The summed E-state index contributed by atoms with van der Waals surface area (Å²) in [4.78, 5) is 18.9. The molecule has 39 heavy (non-hydrogen) atoms. The summed E-state index contributed by atoms with van der Waals surface area (Å²) in [7, 11) is 0. The van der Waals surface area contributed by atoms with Crippen molar-refractivity contribution in [2.45, 2.75) is 57.9 Å². The van der Waals surface area contributed by atoms with Gasteiger partial charge in [-0.05, 0) is 80.6 Å². The Labute approximate surface area is 233 Å². The van der Waals surface area contributed by atoms with Crippen LogP contribution >= 0.6 is 11.9 Å². The first kappa shape index (κ1) is 28.4. The summed E-state index contributed by atoms with van der Waals surface area (Å²) in [5.41, 5.74) is 1.58. The van der Waals surface area contributed by atoms with Gasteiger partial charge >= 0.3 is 0 Å². The standard InChI is InChI=1S/C30H34F2N4O2S/c1-6-14-36(15-7-2)21-16-23(31)29(24(32)17-21)25-12-13-27-26(33-25)18-28(35-39-27)38-22-10-8-20(9-11-22)30(4,5)34-19(3)37/h8-13,16-18,35H,6-7,14-15H2,1-5H3,(H,34,37). The Balaban J connectivity index is 1.57. The summed E-state index contributed by atoms with van der Waals surface area (Å²) in [6.45, 7) is 10.9. The fourth-order valence-corrected chi connectivity index (χ4v) is 5.23. The molecular weight excluding hydrogens is 518 g/mol. The van der Waals surface area contributed by atoms with Crippen molar-refractivity contribution in [3.8, 4) is 17.0 Å². The molecule has 2 N–H and O–H groups in total. The Hall–Kier alpha value is -3.59. The molecule has 0 bridgehead atoms. The molecule has 1 amide bonds. The molecule has 0 atom stereocenters. The van der Waals surface area contributed by atoms with E-state index in [4.69, 9.17) is 4.74 Å². The molecule has 3 aromatic rings. The molecule has 0 fully saturated rings. The molecule has 0 aliphatic carbocycles. The molecule has 2 heterocycles. The van der Waals surface area contributed by atoms with E-state index in [-0.39, 0.29) is 17.2 Å². The van der Waals surface area contributed by atoms with Gasteiger partial charge in [0.15, 0.2) is 0 Å². The predicted octanol–water partition coefficient (Wildman–Crippen LogP) is 7.01. The molecule has 0 saturated carbocycles. The second kappa shape index (κ2) is 12.1. The molecule has 1 aliphatic rings. The number of anilines is 1. The smallest absolute Gasteiger partial charge is 0.217 e. The van der Waals surface area contributed by atoms with E-state index >= 15 is 8.78 Å². The molecule has 0 spiro atoms. The number of pyridine rings is 1. The highest BCUT2D eigenvalue weighted by Crippen LogP contribution is 2.34. The third-order valence-electron chi connectivity index (χ3n) is 6.34. The number of halogens is 2. The Morgan fingerprint density at radius 2 is 1.69 bits per heavy atom. The van der Waals surface area contributed by atoms with Gasteiger partial charge in [-0.1, -0.05) is 26.0 Å². The van der Waals surface area contributed by atoms with E-state index in [0.717, 1.165) is 36.4 Å². The third kappa shape index (κ3) is 6.71. The number of benzene rings is 2. The first-order chi connectivity index (χ1) is 18.6. The van der Waals surface area contributed by atoms with Gasteiger partial charge in [-0.3, -0.25) is 9.52 Å². The van der Waals surface area contributed by atoms with Crippen LogP contribution in [-0.4, -0.2) is 24.0 Å². The van der Waals surface area contributed by atoms with Crippen LogP contribution in [0.3, 0.4) is 0 Å². The van der Waals surface area contributed by atoms with Crippen LogP contribution < -0.4 is 19.7 Å². The van der Waals surface area contributed by atoms with Crippen molar-refractivity contribution in [3.63, 3.8) is 0 Å². The molecule has 1 aromatic heterocycles. The molecule has 206 valence electrons. The molecule has 2 aromatic carbocycles. The first-order valence-corrected chi connectivity index (χ1v) is 13.9. The van der Waals surface area contributed by atoms with Crippen molar-refractivity contribution in [3.05, 3.63) is 77.3 Å². The Morgan fingerprint density at radius 1 is 1.05 bits per heavy atom. The van der Waals surface area contributed by atoms with Gasteiger partial charge < -0.3 is 15.0 Å². The number of fused-ring (bicyclic) bond motifs is 1. The minimum Gasteiger partial charge on any atom is -0.440 e. The van der Waals surface area contributed by atoms with Gasteiger partial charge in [0.05, 0.1) is 27.4 Å². The lowest BCUT2D eigenvalue weighted by molar-refractivity contribution is -0.120. The van der Waals surface area contributed by atoms with Gasteiger partial charge in [0.25, 0.3) is 0 Å². The number of hydrogen-bond donors (Lipinski definition) is 2. The Kier molecular flexibility index (Phi) is 8.80. The Morgan fingerprint density at radius 3 is 2.28 bits per heavy atom. The van der Waals surface area contributed by atoms with Crippen molar-refractivity contribution in [1.29, 1.82) is 0 Å². The fraction of sp³-hybridized carbons (Fsp3) is 0.333. The fourth-order valence-electron chi connectivity index (χ4n) is 4.58. The van der Waals surface area contributed by atoms with E-state index < -0.39 is 17.2 Å². The summed E-state index contributed by atoms with van der Waals surface area (Å²) in [5, 5.41) is 2.92. The zero-order valence-electron chi connectivity index (χ0n) is 22.9. The topological polar surface area (TPSA) is 66.5 Å². The largest absolute Gasteiger partial charge is 0.440 e. The zero-order chi connectivity index (χ0) is 28.2. The second-order valence-corrected chi connectivity index (χ2v) is 10.8. The number of carbonyl (C=O) groups excluding carboxylic acids is 1. The van der Waals surface area contributed by atoms with Crippen molar-refractivity contribution in [2.75, 3.05) is 18.0 Å². The van der Waals surface area contributed by atoms with Crippen LogP contribution in [0.4, 0.5) is 14.5 Å². The number of aromatic nitrogens is 1. The van der Waals surface area contributed by atoms with Crippen molar-refractivity contribution in [2.24, 2.45) is 0 Å². The highest BCUT2D eigenvalue weighted by molar-refractivity contribution is 7.97. The normalized spacial score (nSPS) is 12.7. The average molecular weight is 553 g/mol. The summed E-state index contributed by atoms with van der Waals surface area (Å²) in [6.07, 6.45) is 3.48. The van der Waals surface area contributed by atoms with Crippen molar-refractivity contribution < 1.29 is 18.3 Å². The van der Waals surface area contributed by atoms with Gasteiger partial charge in [-0.15, -0.1) is 0 Å². The highest BCUT2D eigenvalue weighted by atomic mass is 32.2. The van der Waals surface area contributed by atoms with E-state index in [9.17, 15) is 4.79 Å². The van der Waals surface area contributed by atoms with Gasteiger partial charge in [-0.25, -0.2) is 13.8 Å². The van der Waals surface area contributed by atoms with Crippen LogP contribution in [-0.2, 0) is 10.3 Å².